The molecule has 0 saturated heterocycles. The smallest absolute Gasteiger partial charge is 0.305 e. The number of Topliss-reactive ketones (excluding diaryl/α,β-unsaturated/α-hetero) is 1. The predicted octanol–water partition coefficient (Wildman–Crippen LogP) is 0.248. The van der Waals surface area contributed by atoms with Gasteiger partial charge in [0.1, 0.15) is 5.78 Å². The zero-order valence-electron chi connectivity index (χ0n) is 7.34. The maximum Gasteiger partial charge on any atom is 0.305 e. The van der Waals surface area contributed by atoms with Crippen LogP contribution in [0.4, 0.5) is 0 Å². The van der Waals surface area contributed by atoms with Gasteiger partial charge < -0.3 is 10.5 Å². The summed E-state index contributed by atoms with van der Waals surface area (Å²) >= 11 is 0. The number of rotatable bonds is 6. The van der Waals surface area contributed by atoms with E-state index in [2.05, 4.69) is 4.74 Å². The number of carbonyl (C=O) groups is 2. The first kappa shape index (κ1) is 11.1. The largest absolute Gasteiger partial charge is 0.469 e. The van der Waals surface area contributed by atoms with Crippen LogP contribution in [-0.2, 0) is 14.3 Å². The molecule has 0 amide bonds. The zero-order chi connectivity index (χ0) is 9.40. The molecular formula is C8H15NO3. The summed E-state index contributed by atoms with van der Waals surface area (Å²) in [5, 5.41) is 0. The fourth-order valence-corrected chi connectivity index (χ4v) is 0.796. The lowest BCUT2D eigenvalue weighted by molar-refractivity contribution is -0.140. The third-order valence-corrected chi connectivity index (χ3v) is 1.54. The molecule has 0 spiro atoms. The molecule has 4 heteroatoms. The maximum atomic E-state index is 10.7. The van der Waals surface area contributed by atoms with Crippen molar-refractivity contribution in [2.75, 3.05) is 13.7 Å². The minimum Gasteiger partial charge on any atom is -0.469 e. The number of ether oxygens (including phenoxy) is 1. The molecule has 0 fully saturated rings. The second kappa shape index (κ2) is 6.79. The molecule has 0 aliphatic heterocycles. The quantitative estimate of drug-likeness (QED) is 0.461. The minimum atomic E-state index is -0.227. The van der Waals surface area contributed by atoms with Gasteiger partial charge in [0.25, 0.3) is 0 Å². The fraction of sp³-hybridized carbons (Fsp3) is 0.750. The van der Waals surface area contributed by atoms with E-state index in [1.54, 1.807) is 0 Å². The average molecular weight is 173 g/mol. The number of hydrogen-bond donors (Lipinski definition) is 1. The van der Waals surface area contributed by atoms with Gasteiger partial charge in [0.15, 0.2) is 0 Å². The summed E-state index contributed by atoms with van der Waals surface area (Å²) in [6.45, 7) is 0.0955. The van der Waals surface area contributed by atoms with Crippen molar-refractivity contribution in [1.29, 1.82) is 0 Å². The molecule has 0 rings (SSSR count). The van der Waals surface area contributed by atoms with Crippen molar-refractivity contribution >= 4 is 11.8 Å². The third kappa shape index (κ3) is 5.85. The lowest BCUT2D eigenvalue weighted by Crippen LogP contribution is -2.12. The standard InChI is InChI=1S/C8H15NO3/c1-12-8(11)5-3-2-4-7(10)6-9/h2-6,9H2,1H3. The van der Waals surface area contributed by atoms with Crippen molar-refractivity contribution in [3.8, 4) is 0 Å². The van der Waals surface area contributed by atoms with E-state index in [0.29, 0.717) is 25.7 Å². The first-order chi connectivity index (χ1) is 5.70. The van der Waals surface area contributed by atoms with Gasteiger partial charge in [-0.1, -0.05) is 0 Å². The van der Waals surface area contributed by atoms with E-state index in [0.717, 1.165) is 0 Å². The molecular weight excluding hydrogens is 158 g/mol. The number of carbonyl (C=O) groups excluding carboxylic acids is 2. The highest BCUT2D eigenvalue weighted by Gasteiger charge is 2.01. The molecule has 70 valence electrons. The second-order valence-electron chi connectivity index (χ2n) is 2.53. The van der Waals surface area contributed by atoms with Gasteiger partial charge in [-0.2, -0.15) is 0 Å². The predicted molar refractivity (Wildman–Crippen MR) is 44.5 cm³/mol. The molecule has 12 heavy (non-hydrogen) atoms. The van der Waals surface area contributed by atoms with Gasteiger partial charge in [0.2, 0.25) is 0 Å². The molecule has 0 bridgehead atoms. The highest BCUT2D eigenvalue weighted by Crippen LogP contribution is 2.00. The molecule has 0 aromatic rings. The van der Waals surface area contributed by atoms with Crippen molar-refractivity contribution in [3.63, 3.8) is 0 Å². The Labute approximate surface area is 72.1 Å². The lowest BCUT2D eigenvalue weighted by Gasteiger charge is -1.98. The number of hydrogen-bond acceptors (Lipinski definition) is 4. The van der Waals surface area contributed by atoms with Crippen molar-refractivity contribution < 1.29 is 14.3 Å². The SMILES string of the molecule is COC(=O)CCCCC(=O)CN. The molecule has 0 aromatic carbocycles. The van der Waals surface area contributed by atoms with Crippen LogP contribution in [-0.4, -0.2) is 25.4 Å². The Morgan fingerprint density at radius 2 is 1.83 bits per heavy atom. The highest BCUT2D eigenvalue weighted by molar-refractivity contribution is 5.80. The van der Waals surface area contributed by atoms with Crippen molar-refractivity contribution in [3.05, 3.63) is 0 Å². The third-order valence-electron chi connectivity index (χ3n) is 1.54. The van der Waals surface area contributed by atoms with Gasteiger partial charge in [0, 0.05) is 12.8 Å². The first-order valence-electron chi connectivity index (χ1n) is 3.99. The average Bonchev–Trinajstić information content (AvgIpc) is 2.11. The van der Waals surface area contributed by atoms with E-state index in [1.165, 1.54) is 7.11 Å². The van der Waals surface area contributed by atoms with E-state index >= 15 is 0 Å². The Kier molecular flexibility index (Phi) is 6.28. The number of nitrogens with two attached hydrogens (primary N) is 1. The van der Waals surface area contributed by atoms with Crippen LogP contribution in [0, 0.1) is 0 Å². The first-order valence-corrected chi connectivity index (χ1v) is 3.99. The van der Waals surface area contributed by atoms with Gasteiger partial charge in [-0.25, -0.2) is 0 Å². The number of methoxy groups -OCH3 is 1. The molecule has 0 saturated carbocycles. The number of ketones is 1. The van der Waals surface area contributed by atoms with E-state index in [9.17, 15) is 9.59 Å². The zero-order valence-corrected chi connectivity index (χ0v) is 7.34. The molecule has 4 nitrogen and oxygen atoms in total. The van der Waals surface area contributed by atoms with E-state index in [1.807, 2.05) is 0 Å². The van der Waals surface area contributed by atoms with Crippen LogP contribution in [0.1, 0.15) is 25.7 Å². The second-order valence-corrected chi connectivity index (χ2v) is 2.53. The van der Waals surface area contributed by atoms with Gasteiger partial charge in [0.05, 0.1) is 13.7 Å². The van der Waals surface area contributed by atoms with Gasteiger partial charge in [-0.3, -0.25) is 9.59 Å². The van der Waals surface area contributed by atoms with Crippen LogP contribution < -0.4 is 5.73 Å². The van der Waals surface area contributed by atoms with Crippen LogP contribution in [0.25, 0.3) is 0 Å². The normalized spacial score (nSPS) is 9.50. The van der Waals surface area contributed by atoms with Crippen LogP contribution in [0.5, 0.6) is 0 Å². The Balaban J connectivity index is 3.21. The van der Waals surface area contributed by atoms with Gasteiger partial charge in [-0.15, -0.1) is 0 Å². The molecule has 0 aromatic heterocycles. The van der Waals surface area contributed by atoms with Crippen LogP contribution >= 0.6 is 0 Å². The van der Waals surface area contributed by atoms with Crippen molar-refractivity contribution in [1.82, 2.24) is 0 Å². The van der Waals surface area contributed by atoms with Gasteiger partial charge >= 0.3 is 5.97 Å². The number of esters is 1. The molecule has 2 N–H and O–H groups in total. The number of unbranched alkanes of at least 4 members (excludes halogenated alkanes) is 1. The van der Waals surface area contributed by atoms with Gasteiger partial charge in [-0.05, 0) is 12.8 Å². The summed E-state index contributed by atoms with van der Waals surface area (Å²) in [5.41, 5.74) is 5.10. The summed E-state index contributed by atoms with van der Waals surface area (Å²) in [7, 11) is 1.35. The Morgan fingerprint density at radius 3 is 2.33 bits per heavy atom. The highest BCUT2D eigenvalue weighted by atomic mass is 16.5. The minimum absolute atomic E-state index is 0.0415. The Hall–Kier alpha value is -0.900. The van der Waals surface area contributed by atoms with E-state index in [4.69, 9.17) is 5.73 Å². The molecule has 0 aliphatic carbocycles. The van der Waals surface area contributed by atoms with E-state index < -0.39 is 0 Å². The molecule has 0 heterocycles. The summed E-state index contributed by atoms with van der Waals surface area (Å²) in [6, 6.07) is 0. The van der Waals surface area contributed by atoms with Crippen LogP contribution in [0.3, 0.4) is 0 Å². The Bertz CT molecular complexity index is 138. The summed E-state index contributed by atoms with van der Waals surface area (Å²) < 4.78 is 4.44. The molecule has 0 unspecified atom stereocenters. The molecule has 0 aliphatic rings. The van der Waals surface area contributed by atoms with E-state index in [-0.39, 0.29) is 18.3 Å². The molecule has 0 radical (unpaired) electrons. The fourth-order valence-electron chi connectivity index (χ4n) is 0.796. The van der Waals surface area contributed by atoms with Crippen molar-refractivity contribution in [2.45, 2.75) is 25.7 Å². The maximum absolute atomic E-state index is 10.7. The molecule has 0 atom stereocenters. The monoisotopic (exact) mass is 173 g/mol. The topological polar surface area (TPSA) is 69.4 Å². The lowest BCUT2D eigenvalue weighted by atomic mass is 10.1. The van der Waals surface area contributed by atoms with Crippen LogP contribution in [0.2, 0.25) is 0 Å². The summed E-state index contributed by atoms with van der Waals surface area (Å²) in [6.07, 6.45) is 2.26. The summed E-state index contributed by atoms with van der Waals surface area (Å²) in [5.74, 6) is -0.185. The summed E-state index contributed by atoms with van der Waals surface area (Å²) in [4.78, 5) is 21.3. The van der Waals surface area contributed by atoms with Crippen LogP contribution in [0.15, 0.2) is 0 Å². The Morgan fingerprint density at radius 1 is 1.25 bits per heavy atom. The van der Waals surface area contributed by atoms with Crippen molar-refractivity contribution in [2.24, 2.45) is 5.73 Å².